The fourth-order valence-corrected chi connectivity index (χ4v) is 1.03. The molecule has 0 saturated carbocycles. The molecule has 0 aliphatic rings. The van der Waals surface area contributed by atoms with Crippen LogP contribution in [-0.4, -0.2) is 5.97 Å². The topological polar surface area (TPSA) is 26.3 Å². The van der Waals surface area contributed by atoms with Crippen LogP contribution in [0.4, 0.5) is 0 Å². The van der Waals surface area contributed by atoms with Gasteiger partial charge < -0.3 is 4.74 Å². The molecule has 0 amide bonds. The van der Waals surface area contributed by atoms with Gasteiger partial charge in [-0.05, 0) is 5.56 Å². The second-order valence-corrected chi connectivity index (χ2v) is 2.89. The summed E-state index contributed by atoms with van der Waals surface area (Å²) in [7, 11) is 0. The number of hydrogen-bond donors (Lipinski definition) is 0. The van der Waals surface area contributed by atoms with E-state index in [1.54, 1.807) is 0 Å². The van der Waals surface area contributed by atoms with Gasteiger partial charge in [0.25, 0.3) is 0 Å². The number of ether oxygens (including phenoxy) is 1. The quantitative estimate of drug-likeness (QED) is 0.323. The summed E-state index contributed by atoms with van der Waals surface area (Å²) in [5, 5.41) is 0. The second-order valence-electron chi connectivity index (χ2n) is 2.89. The van der Waals surface area contributed by atoms with Crippen LogP contribution in [-0.2, 0) is 9.53 Å². The average Bonchev–Trinajstić information content (AvgIpc) is 2.29. The predicted molar refractivity (Wildman–Crippen MR) is 60.9 cm³/mol. The van der Waals surface area contributed by atoms with Gasteiger partial charge in [0.2, 0.25) is 0 Å². The van der Waals surface area contributed by atoms with Gasteiger partial charge in [-0.2, -0.15) is 0 Å². The number of allylic oxidation sites excluding steroid dienone is 1. The monoisotopic (exact) mass is 200 g/mol. The van der Waals surface area contributed by atoms with Crippen molar-refractivity contribution >= 4 is 11.5 Å². The van der Waals surface area contributed by atoms with Gasteiger partial charge in [0.05, 0.1) is 0 Å². The van der Waals surface area contributed by atoms with Crippen LogP contribution in [0.15, 0.2) is 61.9 Å². The molecule has 1 aromatic rings. The van der Waals surface area contributed by atoms with Crippen molar-refractivity contribution in [2.24, 2.45) is 0 Å². The molecule has 0 N–H and O–H groups in total. The first-order valence-electron chi connectivity index (χ1n) is 4.43. The third-order valence-corrected chi connectivity index (χ3v) is 1.85. The lowest BCUT2D eigenvalue weighted by molar-refractivity contribution is -0.133. The highest BCUT2D eigenvalue weighted by molar-refractivity contribution is 5.85. The molecule has 1 aromatic carbocycles. The summed E-state index contributed by atoms with van der Waals surface area (Å²) in [6, 6.07) is 9.39. The van der Waals surface area contributed by atoms with Crippen molar-refractivity contribution in [3.05, 3.63) is 67.5 Å². The van der Waals surface area contributed by atoms with E-state index in [2.05, 4.69) is 19.7 Å². The van der Waals surface area contributed by atoms with Crippen molar-refractivity contribution in [1.29, 1.82) is 0 Å². The van der Waals surface area contributed by atoms with Gasteiger partial charge >= 0.3 is 5.97 Å². The van der Waals surface area contributed by atoms with Crippen molar-refractivity contribution < 1.29 is 9.53 Å². The highest BCUT2D eigenvalue weighted by Crippen LogP contribution is 2.20. The molecule has 76 valence electrons. The predicted octanol–water partition coefficient (Wildman–Crippen LogP) is 2.94. The van der Waals surface area contributed by atoms with Crippen LogP contribution < -0.4 is 0 Å². The number of carbonyl (C=O) groups is 1. The normalized spacial score (nSPS) is 9.07. The lowest BCUT2D eigenvalue weighted by Gasteiger charge is -2.08. The third-order valence-electron chi connectivity index (χ3n) is 1.85. The van der Waals surface area contributed by atoms with Crippen molar-refractivity contribution in [3.63, 3.8) is 0 Å². The van der Waals surface area contributed by atoms with Gasteiger partial charge in [-0.1, -0.05) is 50.1 Å². The molecule has 0 atom stereocenters. The molecular weight excluding hydrogens is 188 g/mol. The molecular formula is C13H12O2. The van der Waals surface area contributed by atoms with E-state index in [0.29, 0.717) is 5.57 Å². The zero-order valence-electron chi connectivity index (χ0n) is 8.40. The number of carbonyl (C=O) groups excluding carboxylic acids is 1. The summed E-state index contributed by atoms with van der Waals surface area (Å²) in [6.45, 7) is 10.7. The van der Waals surface area contributed by atoms with Crippen LogP contribution in [0.2, 0.25) is 0 Å². The van der Waals surface area contributed by atoms with Crippen LogP contribution in [0.5, 0.6) is 0 Å². The zero-order valence-corrected chi connectivity index (χ0v) is 8.40. The highest BCUT2D eigenvalue weighted by atomic mass is 16.5. The molecule has 2 nitrogen and oxygen atoms in total. The molecule has 0 spiro atoms. The smallest absolute Gasteiger partial charge is 0.335 e. The maximum Gasteiger partial charge on any atom is 0.335 e. The van der Waals surface area contributed by atoms with Crippen molar-refractivity contribution in [2.45, 2.75) is 0 Å². The third kappa shape index (κ3) is 2.95. The Balaban J connectivity index is 2.74. The van der Waals surface area contributed by atoms with Crippen LogP contribution in [0.25, 0.3) is 5.57 Å². The van der Waals surface area contributed by atoms with E-state index in [9.17, 15) is 4.79 Å². The Kier molecular flexibility index (Phi) is 3.63. The highest BCUT2D eigenvalue weighted by Gasteiger charge is 2.06. The minimum Gasteiger partial charge on any atom is -0.423 e. The van der Waals surface area contributed by atoms with Crippen LogP contribution in [0, 0.1) is 0 Å². The summed E-state index contributed by atoms with van der Waals surface area (Å²) in [4.78, 5) is 10.9. The molecule has 0 aromatic heterocycles. The zero-order chi connectivity index (χ0) is 11.3. The van der Waals surface area contributed by atoms with E-state index < -0.39 is 5.97 Å². The summed E-state index contributed by atoms with van der Waals surface area (Å²) >= 11 is 0. The standard InChI is InChI=1S/C13H12O2/c1-4-13(14)15-11(3)10(2)12-8-6-5-7-9-12/h4-9H,1-3H2. The maximum atomic E-state index is 10.9. The minimum absolute atomic E-state index is 0.242. The van der Waals surface area contributed by atoms with E-state index in [4.69, 9.17) is 4.74 Å². The lowest BCUT2D eigenvalue weighted by atomic mass is 10.1. The van der Waals surface area contributed by atoms with E-state index in [0.717, 1.165) is 11.6 Å². The molecule has 2 heteroatoms. The van der Waals surface area contributed by atoms with Gasteiger partial charge in [0, 0.05) is 11.6 Å². The van der Waals surface area contributed by atoms with Gasteiger partial charge in [-0.15, -0.1) is 0 Å². The van der Waals surface area contributed by atoms with Gasteiger partial charge in [-0.25, -0.2) is 4.79 Å². The van der Waals surface area contributed by atoms with Crippen molar-refractivity contribution in [2.75, 3.05) is 0 Å². The Labute approximate surface area is 89.2 Å². The Hall–Kier alpha value is -2.09. The number of hydrogen-bond acceptors (Lipinski definition) is 2. The molecule has 0 fully saturated rings. The van der Waals surface area contributed by atoms with E-state index in [1.165, 1.54) is 0 Å². The summed E-state index contributed by atoms with van der Waals surface area (Å²) in [5.74, 6) is -0.289. The van der Waals surface area contributed by atoms with Crippen LogP contribution in [0.1, 0.15) is 5.56 Å². The second kappa shape index (κ2) is 4.96. The number of benzene rings is 1. The summed E-state index contributed by atoms with van der Waals surface area (Å²) in [6.07, 6.45) is 1.09. The first-order chi connectivity index (χ1) is 7.15. The number of esters is 1. The largest absolute Gasteiger partial charge is 0.423 e. The molecule has 0 heterocycles. The Morgan fingerprint density at radius 2 is 1.80 bits per heavy atom. The Bertz CT molecular complexity index is 402. The van der Waals surface area contributed by atoms with E-state index >= 15 is 0 Å². The fourth-order valence-electron chi connectivity index (χ4n) is 1.03. The maximum absolute atomic E-state index is 10.9. The molecule has 0 aliphatic heterocycles. The SMILES string of the molecule is C=CC(=O)OC(=C)C(=C)c1ccccc1. The average molecular weight is 200 g/mol. The fraction of sp³-hybridized carbons (Fsp3) is 0. The summed E-state index contributed by atoms with van der Waals surface area (Å²) < 4.78 is 4.86. The molecule has 15 heavy (non-hydrogen) atoms. The Morgan fingerprint density at radius 3 is 2.33 bits per heavy atom. The first-order valence-corrected chi connectivity index (χ1v) is 4.43. The molecule has 0 aliphatic carbocycles. The van der Waals surface area contributed by atoms with Crippen LogP contribution >= 0.6 is 0 Å². The molecule has 0 radical (unpaired) electrons. The molecule has 0 saturated heterocycles. The summed E-state index contributed by atoms with van der Waals surface area (Å²) in [5.41, 5.74) is 1.46. The first kappa shape index (κ1) is 11.0. The Morgan fingerprint density at radius 1 is 1.20 bits per heavy atom. The minimum atomic E-state index is -0.530. The molecule has 1 rings (SSSR count). The number of rotatable bonds is 4. The molecule has 0 bridgehead atoms. The van der Waals surface area contributed by atoms with E-state index in [-0.39, 0.29) is 5.76 Å². The molecule has 0 unspecified atom stereocenters. The van der Waals surface area contributed by atoms with E-state index in [1.807, 2.05) is 30.3 Å². The van der Waals surface area contributed by atoms with Crippen LogP contribution in [0.3, 0.4) is 0 Å². The van der Waals surface area contributed by atoms with Gasteiger partial charge in [0.1, 0.15) is 5.76 Å². The van der Waals surface area contributed by atoms with Crippen molar-refractivity contribution in [3.8, 4) is 0 Å². The van der Waals surface area contributed by atoms with Gasteiger partial charge in [0.15, 0.2) is 0 Å². The van der Waals surface area contributed by atoms with Crippen molar-refractivity contribution in [1.82, 2.24) is 0 Å². The van der Waals surface area contributed by atoms with Gasteiger partial charge in [-0.3, -0.25) is 0 Å². The lowest BCUT2D eigenvalue weighted by Crippen LogP contribution is -2.00.